The third-order valence-corrected chi connectivity index (χ3v) is 5.76. The molecule has 0 unspecified atom stereocenters. The fraction of sp³-hybridized carbons (Fsp3) is 0.0909. The maximum absolute atomic E-state index is 12.9. The van der Waals surface area contributed by atoms with Crippen LogP contribution < -0.4 is 5.32 Å². The highest BCUT2D eigenvalue weighted by Gasteiger charge is 2.16. The van der Waals surface area contributed by atoms with Crippen molar-refractivity contribution < 1.29 is 9.72 Å². The van der Waals surface area contributed by atoms with Crippen LogP contribution >= 0.6 is 11.8 Å². The van der Waals surface area contributed by atoms with Crippen LogP contribution in [0.2, 0.25) is 0 Å². The fourth-order valence-electron chi connectivity index (χ4n) is 3.07. The number of nitrogens with one attached hydrogen (secondary N) is 1. The summed E-state index contributed by atoms with van der Waals surface area (Å²) >= 11 is 1.43. The first-order chi connectivity index (χ1) is 15.5. The molecule has 1 N–H and O–H groups in total. The number of nitrogens with zero attached hydrogens (tertiary/aromatic N) is 5. The molecule has 32 heavy (non-hydrogen) atoms. The van der Waals surface area contributed by atoms with Crippen LogP contribution in [-0.2, 0) is 5.75 Å². The van der Waals surface area contributed by atoms with Crippen LogP contribution in [0.1, 0.15) is 21.7 Å². The van der Waals surface area contributed by atoms with Gasteiger partial charge in [0.25, 0.3) is 11.6 Å². The lowest BCUT2D eigenvalue weighted by Gasteiger charge is -2.10. The monoisotopic (exact) mass is 446 g/mol. The molecule has 160 valence electrons. The van der Waals surface area contributed by atoms with E-state index >= 15 is 0 Å². The summed E-state index contributed by atoms with van der Waals surface area (Å²) in [4.78, 5) is 24.4. The minimum atomic E-state index is -0.467. The minimum Gasteiger partial charge on any atom is -0.322 e. The molecule has 0 saturated heterocycles. The summed E-state index contributed by atoms with van der Waals surface area (Å²) in [5.41, 5.74) is 2.15. The van der Waals surface area contributed by atoms with E-state index < -0.39 is 4.92 Å². The molecule has 0 aliphatic carbocycles. The Morgan fingerprint density at radius 3 is 2.62 bits per heavy atom. The van der Waals surface area contributed by atoms with Crippen molar-refractivity contribution in [3.63, 3.8) is 0 Å². The molecule has 1 amide bonds. The van der Waals surface area contributed by atoms with Crippen molar-refractivity contribution in [1.29, 1.82) is 0 Å². The molecule has 1 heterocycles. The molecule has 0 atom stereocenters. The van der Waals surface area contributed by atoms with Crippen LogP contribution in [0.25, 0.3) is 5.69 Å². The number of benzene rings is 3. The molecule has 1 aromatic heterocycles. The molecule has 4 aromatic rings. The number of tetrazole rings is 1. The average Bonchev–Trinajstić information content (AvgIpc) is 3.28. The maximum Gasteiger partial charge on any atom is 0.274 e. The van der Waals surface area contributed by atoms with Crippen LogP contribution in [0.4, 0.5) is 11.4 Å². The first kappa shape index (κ1) is 21.2. The largest absolute Gasteiger partial charge is 0.322 e. The molecule has 0 aliphatic heterocycles. The number of amides is 1. The zero-order valence-electron chi connectivity index (χ0n) is 17.0. The second kappa shape index (κ2) is 9.40. The summed E-state index contributed by atoms with van der Waals surface area (Å²) in [6.45, 7) is 1.65. The lowest BCUT2D eigenvalue weighted by molar-refractivity contribution is -0.385. The van der Waals surface area contributed by atoms with Crippen LogP contribution in [0.15, 0.2) is 77.7 Å². The van der Waals surface area contributed by atoms with Gasteiger partial charge in [0, 0.05) is 22.2 Å². The topological polar surface area (TPSA) is 116 Å². The van der Waals surface area contributed by atoms with Gasteiger partial charge in [-0.25, -0.2) is 0 Å². The van der Waals surface area contributed by atoms with E-state index in [0.29, 0.717) is 28.4 Å². The normalized spacial score (nSPS) is 10.7. The standard InChI is InChI=1S/C22H18N6O3S/c1-15-11-12-16(13-19(15)28(30)31)23-22(29)18-9-5-6-10-20(18)32-14-21-24-25-26-27(21)17-7-3-2-4-8-17/h2-13H,14H2,1H3,(H,23,29). The van der Waals surface area contributed by atoms with E-state index in [1.165, 1.54) is 17.8 Å². The first-order valence-corrected chi connectivity index (χ1v) is 10.6. The Kier molecular flexibility index (Phi) is 6.22. The highest BCUT2D eigenvalue weighted by atomic mass is 32.2. The van der Waals surface area contributed by atoms with Gasteiger partial charge in [-0.2, -0.15) is 4.68 Å². The third kappa shape index (κ3) is 4.65. The number of carbonyl (C=O) groups excluding carboxylic acids is 1. The summed E-state index contributed by atoms with van der Waals surface area (Å²) in [7, 11) is 0. The number of rotatable bonds is 7. The van der Waals surface area contributed by atoms with E-state index in [4.69, 9.17) is 0 Å². The second-order valence-corrected chi connectivity index (χ2v) is 7.86. The van der Waals surface area contributed by atoms with E-state index in [-0.39, 0.29) is 11.6 Å². The molecule has 0 bridgehead atoms. The van der Waals surface area contributed by atoms with Gasteiger partial charge >= 0.3 is 0 Å². The zero-order chi connectivity index (χ0) is 22.5. The van der Waals surface area contributed by atoms with Crippen molar-refractivity contribution in [3.8, 4) is 5.69 Å². The molecule has 0 radical (unpaired) electrons. The van der Waals surface area contributed by atoms with Gasteiger partial charge in [-0.15, -0.1) is 16.9 Å². The summed E-state index contributed by atoms with van der Waals surface area (Å²) in [5, 5.41) is 25.9. The van der Waals surface area contributed by atoms with Gasteiger partial charge in [0.2, 0.25) is 0 Å². The van der Waals surface area contributed by atoms with E-state index in [0.717, 1.165) is 10.6 Å². The molecule has 3 aromatic carbocycles. The van der Waals surface area contributed by atoms with Gasteiger partial charge in [-0.1, -0.05) is 36.4 Å². The van der Waals surface area contributed by atoms with Gasteiger partial charge < -0.3 is 5.32 Å². The second-order valence-electron chi connectivity index (χ2n) is 6.84. The van der Waals surface area contributed by atoms with Crippen LogP contribution in [0.3, 0.4) is 0 Å². The molecule has 9 nitrogen and oxygen atoms in total. The van der Waals surface area contributed by atoms with E-state index in [1.807, 2.05) is 42.5 Å². The first-order valence-electron chi connectivity index (χ1n) is 9.64. The number of aromatic nitrogens is 4. The Balaban J connectivity index is 1.52. The number of hydrogen-bond donors (Lipinski definition) is 1. The van der Waals surface area contributed by atoms with E-state index in [9.17, 15) is 14.9 Å². The van der Waals surface area contributed by atoms with Crippen molar-refractivity contribution in [1.82, 2.24) is 20.2 Å². The molecular weight excluding hydrogens is 428 g/mol. The number of hydrogen-bond acceptors (Lipinski definition) is 7. The predicted octanol–water partition coefficient (Wildman–Crippen LogP) is 4.42. The molecule has 0 saturated carbocycles. The number of carbonyl (C=O) groups is 1. The van der Waals surface area contributed by atoms with Crippen molar-refractivity contribution in [2.75, 3.05) is 5.32 Å². The Morgan fingerprint density at radius 1 is 1.09 bits per heavy atom. The minimum absolute atomic E-state index is 0.0433. The summed E-state index contributed by atoms with van der Waals surface area (Å²) in [6.07, 6.45) is 0. The molecule has 0 fully saturated rings. The van der Waals surface area contributed by atoms with Crippen molar-refractivity contribution >= 4 is 29.0 Å². The third-order valence-electron chi connectivity index (χ3n) is 4.69. The summed E-state index contributed by atoms with van der Waals surface area (Å²) < 4.78 is 1.65. The Morgan fingerprint density at radius 2 is 1.84 bits per heavy atom. The molecule has 10 heteroatoms. The zero-order valence-corrected chi connectivity index (χ0v) is 17.8. The number of nitro benzene ring substituents is 1. The molecule has 0 spiro atoms. The van der Waals surface area contributed by atoms with Gasteiger partial charge in [0.15, 0.2) is 5.82 Å². The lowest BCUT2D eigenvalue weighted by atomic mass is 10.1. The number of aryl methyl sites for hydroxylation is 1. The number of para-hydroxylation sites is 1. The quantitative estimate of drug-likeness (QED) is 0.254. The van der Waals surface area contributed by atoms with E-state index in [2.05, 4.69) is 20.8 Å². The van der Waals surface area contributed by atoms with E-state index in [1.54, 1.807) is 35.9 Å². The number of anilines is 1. The van der Waals surface area contributed by atoms with Gasteiger partial charge in [-0.3, -0.25) is 14.9 Å². The fourth-order valence-corrected chi connectivity index (χ4v) is 4.03. The van der Waals surface area contributed by atoms with Gasteiger partial charge in [0.1, 0.15) is 0 Å². The van der Waals surface area contributed by atoms with Crippen LogP contribution in [0, 0.1) is 17.0 Å². The average molecular weight is 446 g/mol. The predicted molar refractivity (Wildman–Crippen MR) is 121 cm³/mol. The van der Waals surface area contributed by atoms with Crippen LogP contribution in [-0.4, -0.2) is 31.0 Å². The van der Waals surface area contributed by atoms with Crippen molar-refractivity contribution in [2.24, 2.45) is 0 Å². The van der Waals surface area contributed by atoms with Gasteiger partial charge in [0.05, 0.1) is 21.9 Å². The Bertz CT molecular complexity index is 1280. The Hall–Kier alpha value is -4.05. The van der Waals surface area contributed by atoms with Crippen molar-refractivity contribution in [3.05, 3.63) is 99.9 Å². The molecule has 4 rings (SSSR count). The highest BCUT2D eigenvalue weighted by Crippen LogP contribution is 2.28. The number of nitro groups is 1. The van der Waals surface area contributed by atoms with Gasteiger partial charge in [-0.05, 0) is 47.7 Å². The summed E-state index contributed by atoms with van der Waals surface area (Å²) in [5.74, 6) is 0.738. The smallest absolute Gasteiger partial charge is 0.274 e. The Labute approximate surface area is 187 Å². The summed E-state index contributed by atoms with van der Waals surface area (Å²) in [6, 6.07) is 21.3. The maximum atomic E-state index is 12.9. The highest BCUT2D eigenvalue weighted by molar-refractivity contribution is 7.98. The number of thioether (sulfide) groups is 1. The molecular formula is C22H18N6O3S. The SMILES string of the molecule is Cc1ccc(NC(=O)c2ccccc2SCc2nnnn2-c2ccccc2)cc1[N+](=O)[O-]. The molecule has 0 aliphatic rings. The van der Waals surface area contributed by atoms with Crippen molar-refractivity contribution in [2.45, 2.75) is 17.6 Å². The van der Waals surface area contributed by atoms with Crippen LogP contribution in [0.5, 0.6) is 0 Å². The lowest BCUT2D eigenvalue weighted by Crippen LogP contribution is -2.13.